The van der Waals surface area contributed by atoms with E-state index >= 15 is 0 Å². The van der Waals surface area contributed by atoms with E-state index in [2.05, 4.69) is 32.7 Å². The van der Waals surface area contributed by atoms with E-state index in [1.54, 1.807) is 11.0 Å². The van der Waals surface area contributed by atoms with Gasteiger partial charge < -0.3 is 5.11 Å². The van der Waals surface area contributed by atoms with E-state index in [1.807, 2.05) is 24.3 Å². The van der Waals surface area contributed by atoms with E-state index in [0.29, 0.717) is 18.8 Å². The Morgan fingerprint density at radius 2 is 2.00 bits per heavy atom. The first kappa shape index (κ1) is 14.0. The minimum atomic E-state index is -0.752. The molecule has 1 heterocycles. The van der Waals surface area contributed by atoms with Gasteiger partial charge in [-0.3, -0.25) is 9.48 Å². The van der Waals surface area contributed by atoms with Crippen LogP contribution in [-0.4, -0.2) is 25.8 Å². The molecule has 6 heteroatoms. The highest BCUT2D eigenvalue weighted by Gasteiger charge is 2.04. The summed E-state index contributed by atoms with van der Waals surface area (Å²) < 4.78 is 2.93. The van der Waals surface area contributed by atoms with Crippen molar-refractivity contribution in [3.8, 4) is 11.4 Å². The van der Waals surface area contributed by atoms with Crippen LogP contribution in [0.25, 0.3) is 11.4 Å². The van der Waals surface area contributed by atoms with Crippen molar-refractivity contribution in [2.75, 3.05) is 0 Å². The summed E-state index contributed by atoms with van der Waals surface area (Å²) in [5, 5.41) is 12.9. The highest BCUT2D eigenvalue weighted by molar-refractivity contribution is 14.1. The molecule has 0 bridgehead atoms. The molecule has 0 amide bonds. The van der Waals surface area contributed by atoms with Crippen LogP contribution in [0.3, 0.4) is 0 Å². The third kappa shape index (κ3) is 4.30. The summed E-state index contributed by atoms with van der Waals surface area (Å²) >= 11 is 2.25. The number of halogens is 1. The van der Waals surface area contributed by atoms with Crippen LogP contribution in [0.15, 0.2) is 30.6 Å². The Morgan fingerprint density at radius 1 is 1.26 bits per heavy atom. The predicted octanol–water partition coefficient (Wildman–Crippen LogP) is 2.80. The zero-order chi connectivity index (χ0) is 13.7. The maximum atomic E-state index is 10.4. The maximum Gasteiger partial charge on any atom is 0.303 e. The minimum Gasteiger partial charge on any atom is -0.481 e. The van der Waals surface area contributed by atoms with E-state index in [9.17, 15) is 4.79 Å². The molecule has 2 aromatic rings. The molecular weight excluding hydrogens is 357 g/mol. The molecule has 5 nitrogen and oxygen atoms in total. The second-order valence-electron chi connectivity index (χ2n) is 4.19. The van der Waals surface area contributed by atoms with Gasteiger partial charge in [-0.05, 0) is 47.6 Å². The normalized spacial score (nSPS) is 10.6. The van der Waals surface area contributed by atoms with Crippen molar-refractivity contribution < 1.29 is 9.90 Å². The Labute approximate surface area is 124 Å². The number of hydrogen-bond donors (Lipinski definition) is 1. The van der Waals surface area contributed by atoms with Gasteiger partial charge in [-0.1, -0.05) is 12.1 Å². The molecule has 0 spiro atoms. The zero-order valence-corrected chi connectivity index (χ0v) is 12.4. The van der Waals surface area contributed by atoms with Gasteiger partial charge in [0.15, 0.2) is 5.82 Å². The minimum absolute atomic E-state index is 0.207. The molecule has 1 N–H and O–H groups in total. The van der Waals surface area contributed by atoms with Crippen molar-refractivity contribution in [2.24, 2.45) is 0 Å². The molecular formula is C13H14IN3O2. The number of rotatable bonds is 6. The summed E-state index contributed by atoms with van der Waals surface area (Å²) in [5.74, 6) is -0.0483. The standard InChI is InChI=1S/C13H14IN3O2/c14-11-6-4-10(5-7-11)13-15-9-17(16-13)8-2-1-3-12(18)19/h4-7,9H,1-3,8H2,(H,18,19). The first-order chi connectivity index (χ1) is 9.15. The number of aromatic nitrogens is 3. The molecule has 19 heavy (non-hydrogen) atoms. The van der Waals surface area contributed by atoms with Crippen LogP contribution in [0.1, 0.15) is 19.3 Å². The number of unbranched alkanes of at least 4 members (excludes halogenated alkanes) is 1. The average molecular weight is 371 g/mol. The molecule has 2 rings (SSSR count). The summed E-state index contributed by atoms with van der Waals surface area (Å²) in [5.41, 5.74) is 0.990. The van der Waals surface area contributed by atoms with Crippen molar-refractivity contribution in [3.63, 3.8) is 0 Å². The molecule has 0 saturated heterocycles. The number of benzene rings is 1. The summed E-state index contributed by atoms with van der Waals surface area (Å²) in [6.07, 6.45) is 3.35. The number of aryl methyl sites for hydroxylation is 1. The van der Waals surface area contributed by atoms with Crippen molar-refractivity contribution in [2.45, 2.75) is 25.8 Å². The molecule has 0 fully saturated rings. The van der Waals surface area contributed by atoms with Crippen LogP contribution in [0.4, 0.5) is 0 Å². The molecule has 0 aliphatic carbocycles. The molecule has 1 aromatic carbocycles. The van der Waals surface area contributed by atoms with E-state index in [4.69, 9.17) is 5.11 Å². The third-order valence-corrected chi connectivity index (χ3v) is 3.39. The first-order valence-electron chi connectivity index (χ1n) is 6.02. The molecule has 0 aliphatic heterocycles. The van der Waals surface area contributed by atoms with E-state index in [0.717, 1.165) is 12.0 Å². The van der Waals surface area contributed by atoms with Gasteiger partial charge in [0.2, 0.25) is 0 Å². The number of carboxylic acid groups (broad SMARTS) is 1. The molecule has 1 aromatic heterocycles. The van der Waals surface area contributed by atoms with E-state index in [-0.39, 0.29) is 6.42 Å². The predicted molar refractivity (Wildman–Crippen MR) is 79.7 cm³/mol. The lowest BCUT2D eigenvalue weighted by atomic mass is 10.2. The van der Waals surface area contributed by atoms with Gasteiger partial charge in [-0.2, -0.15) is 5.10 Å². The monoisotopic (exact) mass is 371 g/mol. The van der Waals surface area contributed by atoms with Gasteiger partial charge in [0.1, 0.15) is 6.33 Å². The summed E-state index contributed by atoms with van der Waals surface area (Å²) in [6, 6.07) is 8.02. The largest absolute Gasteiger partial charge is 0.481 e. The Balaban J connectivity index is 1.91. The number of nitrogens with zero attached hydrogens (tertiary/aromatic N) is 3. The quantitative estimate of drug-likeness (QED) is 0.627. The number of aliphatic carboxylic acids is 1. The van der Waals surface area contributed by atoms with Crippen molar-refractivity contribution in [1.29, 1.82) is 0 Å². The van der Waals surface area contributed by atoms with Gasteiger partial charge in [0.05, 0.1) is 0 Å². The Morgan fingerprint density at radius 3 is 2.68 bits per heavy atom. The second-order valence-corrected chi connectivity index (χ2v) is 5.43. The van der Waals surface area contributed by atoms with Crippen molar-refractivity contribution in [1.82, 2.24) is 14.8 Å². The fourth-order valence-electron chi connectivity index (χ4n) is 1.68. The SMILES string of the molecule is O=C(O)CCCCn1cnc(-c2ccc(I)cc2)n1. The van der Waals surface area contributed by atoms with Gasteiger partial charge in [-0.15, -0.1) is 0 Å². The summed E-state index contributed by atoms with van der Waals surface area (Å²) in [4.78, 5) is 14.7. The lowest BCUT2D eigenvalue weighted by Gasteiger charge is -1.99. The maximum absolute atomic E-state index is 10.4. The molecule has 100 valence electrons. The molecule has 0 unspecified atom stereocenters. The number of hydrogen-bond acceptors (Lipinski definition) is 3. The lowest BCUT2D eigenvalue weighted by molar-refractivity contribution is -0.137. The fourth-order valence-corrected chi connectivity index (χ4v) is 2.04. The molecule has 0 radical (unpaired) electrons. The third-order valence-electron chi connectivity index (χ3n) is 2.67. The van der Waals surface area contributed by atoms with Crippen molar-refractivity contribution >= 4 is 28.6 Å². The molecule has 0 atom stereocenters. The Hall–Kier alpha value is -1.44. The summed E-state index contributed by atoms with van der Waals surface area (Å²) in [6.45, 7) is 0.699. The van der Waals surface area contributed by atoms with Crippen molar-refractivity contribution in [3.05, 3.63) is 34.2 Å². The summed E-state index contributed by atoms with van der Waals surface area (Å²) in [7, 11) is 0. The van der Waals surface area contributed by atoms with Gasteiger partial charge in [0, 0.05) is 22.1 Å². The highest BCUT2D eigenvalue weighted by Crippen LogP contribution is 2.16. The Bertz CT molecular complexity index is 551. The lowest BCUT2D eigenvalue weighted by Crippen LogP contribution is -2.01. The average Bonchev–Trinajstić information content (AvgIpc) is 2.84. The first-order valence-corrected chi connectivity index (χ1v) is 7.10. The van der Waals surface area contributed by atoms with Gasteiger partial charge in [0.25, 0.3) is 0 Å². The topological polar surface area (TPSA) is 68.0 Å². The van der Waals surface area contributed by atoms with Crippen LogP contribution in [0.2, 0.25) is 0 Å². The number of carbonyl (C=O) groups is 1. The Kier molecular flexibility index (Phi) is 4.89. The highest BCUT2D eigenvalue weighted by atomic mass is 127. The molecule has 0 aliphatic rings. The van der Waals surface area contributed by atoms with Crippen LogP contribution < -0.4 is 0 Å². The molecule has 0 saturated carbocycles. The van der Waals surface area contributed by atoms with E-state index < -0.39 is 5.97 Å². The smallest absolute Gasteiger partial charge is 0.303 e. The van der Waals surface area contributed by atoms with Crippen LogP contribution in [0, 0.1) is 3.57 Å². The zero-order valence-electron chi connectivity index (χ0n) is 10.3. The van der Waals surface area contributed by atoms with Crippen LogP contribution >= 0.6 is 22.6 Å². The van der Waals surface area contributed by atoms with Gasteiger partial charge in [-0.25, -0.2) is 4.98 Å². The number of carboxylic acids is 1. The van der Waals surface area contributed by atoms with E-state index in [1.165, 1.54) is 3.57 Å². The second kappa shape index (κ2) is 6.65. The van der Waals surface area contributed by atoms with Gasteiger partial charge >= 0.3 is 5.97 Å². The van der Waals surface area contributed by atoms with Crippen LogP contribution in [-0.2, 0) is 11.3 Å². The fraction of sp³-hybridized carbons (Fsp3) is 0.308. The van der Waals surface area contributed by atoms with Crippen LogP contribution in [0.5, 0.6) is 0 Å².